The number of hydrogen-bond donors (Lipinski definition) is 0. The van der Waals surface area contributed by atoms with Crippen LogP contribution in [0.25, 0.3) is 0 Å². The predicted molar refractivity (Wildman–Crippen MR) is 105 cm³/mol. The molecule has 0 saturated heterocycles. The van der Waals surface area contributed by atoms with Gasteiger partial charge in [0.15, 0.2) is 0 Å². The average Bonchev–Trinajstić information content (AvgIpc) is 3.56. The second-order valence-corrected chi connectivity index (χ2v) is 7.55. The molecule has 142 valence electrons. The van der Waals surface area contributed by atoms with Gasteiger partial charge in [-0.15, -0.1) is 0 Å². The molecule has 4 rings (SSSR count). The molecular weight excluding hydrogens is 338 g/mol. The maximum atomic E-state index is 13.3. The molecule has 0 radical (unpaired) electrons. The second-order valence-electron chi connectivity index (χ2n) is 7.55. The average molecular weight is 365 g/mol. The summed E-state index contributed by atoms with van der Waals surface area (Å²) in [4.78, 5) is 15.4. The molecule has 0 bridgehead atoms. The molecule has 2 aromatic rings. The van der Waals surface area contributed by atoms with Gasteiger partial charge in [-0.05, 0) is 60.6 Å². The van der Waals surface area contributed by atoms with E-state index in [0.717, 1.165) is 36.3 Å². The van der Waals surface area contributed by atoms with E-state index in [9.17, 15) is 4.79 Å². The molecule has 1 heterocycles. The Kier molecular flexibility index (Phi) is 5.06. The monoisotopic (exact) mass is 365 g/mol. The normalized spacial score (nSPS) is 18.4. The van der Waals surface area contributed by atoms with E-state index in [1.54, 1.807) is 7.11 Å². The SMILES string of the molecule is CCc1ccc(CN(C(=O)C2COc3ccc(OC)cc3C2)C2CC2)cc1. The minimum atomic E-state index is -0.125. The van der Waals surface area contributed by atoms with E-state index in [-0.39, 0.29) is 11.8 Å². The number of rotatable bonds is 6. The molecule has 1 aliphatic carbocycles. The lowest BCUT2D eigenvalue weighted by Crippen LogP contribution is -2.41. The highest BCUT2D eigenvalue weighted by Gasteiger charge is 2.37. The lowest BCUT2D eigenvalue weighted by Gasteiger charge is -2.31. The first kappa shape index (κ1) is 17.9. The van der Waals surface area contributed by atoms with Crippen LogP contribution in [-0.2, 0) is 24.2 Å². The van der Waals surface area contributed by atoms with E-state index in [1.165, 1.54) is 11.1 Å². The topological polar surface area (TPSA) is 38.8 Å². The van der Waals surface area contributed by atoms with Crippen molar-refractivity contribution in [2.75, 3.05) is 13.7 Å². The van der Waals surface area contributed by atoms with Crippen LogP contribution in [0.2, 0.25) is 0 Å². The van der Waals surface area contributed by atoms with E-state index in [1.807, 2.05) is 18.2 Å². The summed E-state index contributed by atoms with van der Waals surface area (Å²) in [6, 6.07) is 14.8. The number of benzene rings is 2. The van der Waals surface area contributed by atoms with Gasteiger partial charge in [-0.3, -0.25) is 4.79 Å². The standard InChI is InChI=1S/C23H27NO3/c1-3-16-4-6-17(7-5-16)14-24(20-8-9-20)23(25)19-12-18-13-21(26-2)10-11-22(18)27-15-19/h4-7,10-11,13,19-20H,3,8-9,12,14-15H2,1-2H3. The van der Waals surface area contributed by atoms with Crippen LogP contribution >= 0.6 is 0 Å². The van der Waals surface area contributed by atoms with Crippen molar-refractivity contribution in [3.63, 3.8) is 0 Å². The van der Waals surface area contributed by atoms with Crippen LogP contribution in [0.15, 0.2) is 42.5 Å². The van der Waals surface area contributed by atoms with Gasteiger partial charge in [-0.2, -0.15) is 0 Å². The van der Waals surface area contributed by atoms with Gasteiger partial charge in [-0.25, -0.2) is 0 Å². The fourth-order valence-electron chi connectivity index (χ4n) is 3.74. The fraction of sp³-hybridized carbons (Fsp3) is 0.435. The third-order valence-corrected chi connectivity index (χ3v) is 5.58. The zero-order chi connectivity index (χ0) is 18.8. The molecule has 2 aromatic carbocycles. The van der Waals surface area contributed by atoms with Gasteiger partial charge < -0.3 is 14.4 Å². The highest BCUT2D eigenvalue weighted by atomic mass is 16.5. The van der Waals surface area contributed by atoms with Crippen molar-refractivity contribution in [3.8, 4) is 11.5 Å². The summed E-state index contributed by atoms with van der Waals surface area (Å²) in [5.41, 5.74) is 3.59. The molecule has 4 nitrogen and oxygen atoms in total. The van der Waals surface area contributed by atoms with Crippen LogP contribution in [0.3, 0.4) is 0 Å². The summed E-state index contributed by atoms with van der Waals surface area (Å²) in [6.07, 6.45) is 3.96. The number of fused-ring (bicyclic) bond motifs is 1. The van der Waals surface area contributed by atoms with Crippen molar-refractivity contribution in [2.24, 2.45) is 5.92 Å². The summed E-state index contributed by atoms with van der Waals surface area (Å²) >= 11 is 0. The van der Waals surface area contributed by atoms with E-state index >= 15 is 0 Å². The van der Waals surface area contributed by atoms with Crippen LogP contribution in [0.1, 0.15) is 36.5 Å². The van der Waals surface area contributed by atoms with Crippen LogP contribution in [-0.4, -0.2) is 30.6 Å². The summed E-state index contributed by atoms with van der Waals surface area (Å²) < 4.78 is 11.2. The molecule has 1 saturated carbocycles. The van der Waals surface area contributed by atoms with Gasteiger partial charge in [0.25, 0.3) is 0 Å². The Morgan fingerprint density at radius 3 is 2.56 bits per heavy atom. The van der Waals surface area contributed by atoms with E-state index < -0.39 is 0 Å². The van der Waals surface area contributed by atoms with Crippen molar-refractivity contribution in [1.29, 1.82) is 0 Å². The first-order valence-corrected chi connectivity index (χ1v) is 9.86. The smallest absolute Gasteiger partial charge is 0.230 e. The quantitative estimate of drug-likeness (QED) is 0.777. The van der Waals surface area contributed by atoms with E-state index in [0.29, 0.717) is 25.6 Å². The largest absolute Gasteiger partial charge is 0.497 e. The lowest BCUT2D eigenvalue weighted by atomic mass is 9.95. The second kappa shape index (κ2) is 7.63. The van der Waals surface area contributed by atoms with Gasteiger partial charge in [-0.1, -0.05) is 31.2 Å². The Balaban J connectivity index is 1.48. The van der Waals surface area contributed by atoms with Gasteiger partial charge >= 0.3 is 0 Å². The number of aryl methyl sites for hydroxylation is 1. The molecule has 0 N–H and O–H groups in total. The van der Waals surface area contributed by atoms with Crippen molar-refractivity contribution in [2.45, 2.75) is 45.2 Å². The molecule has 4 heteroatoms. The number of hydrogen-bond acceptors (Lipinski definition) is 3. The molecule has 1 aliphatic heterocycles. The summed E-state index contributed by atoms with van der Waals surface area (Å²) in [5.74, 6) is 1.76. The first-order chi connectivity index (χ1) is 13.2. The summed E-state index contributed by atoms with van der Waals surface area (Å²) in [6.45, 7) is 3.30. The molecule has 27 heavy (non-hydrogen) atoms. The zero-order valence-corrected chi connectivity index (χ0v) is 16.1. The first-order valence-electron chi connectivity index (χ1n) is 9.86. The minimum Gasteiger partial charge on any atom is -0.497 e. The number of amides is 1. The molecule has 1 atom stereocenters. The Morgan fingerprint density at radius 2 is 1.89 bits per heavy atom. The molecular formula is C23H27NO3. The summed E-state index contributed by atoms with van der Waals surface area (Å²) in [7, 11) is 1.66. The molecule has 1 fully saturated rings. The minimum absolute atomic E-state index is 0.125. The molecule has 0 aromatic heterocycles. The zero-order valence-electron chi connectivity index (χ0n) is 16.1. The highest BCUT2D eigenvalue weighted by Crippen LogP contribution is 2.34. The van der Waals surface area contributed by atoms with Crippen LogP contribution in [0, 0.1) is 5.92 Å². The van der Waals surface area contributed by atoms with E-state index in [4.69, 9.17) is 9.47 Å². The van der Waals surface area contributed by atoms with Crippen molar-refractivity contribution in [1.82, 2.24) is 4.90 Å². The van der Waals surface area contributed by atoms with Gasteiger partial charge in [0.05, 0.1) is 13.0 Å². The molecule has 1 unspecified atom stereocenters. The van der Waals surface area contributed by atoms with Crippen LogP contribution in [0.5, 0.6) is 11.5 Å². The molecule has 2 aliphatic rings. The Hall–Kier alpha value is -2.49. The van der Waals surface area contributed by atoms with Crippen LogP contribution < -0.4 is 9.47 Å². The number of carbonyl (C=O) groups excluding carboxylic acids is 1. The van der Waals surface area contributed by atoms with Crippen molar-refractivity contribution >= 4 is 5.91 Å². The highest BCUT2D eigenvalue weighted by molar-refractivity contribution is 5.80. The maximum Gasteiger partial charge on any atom is 0.230 e. The number of ether oxygens (including phenoxy) is 2. The van der Waals surface area contributed by atoms with Gasteiger partial charge in [0.1, 0.15) is 18.1 Å². The Morgan fingerprint density at radius 1 is 1.15 bits per heavy atom. The predicted octanol–water partition coefficient (Wildman–Crippen LogP) is 4.00. The number of nitrogens with zero attached hydrogens (tertiary/aromatic N) is 1. The Bertz CT molecular complexity index is 811. The molecule has 1 amide bonds. The Labute approximate surface area is 161 Å². The van der Waals surface area contributed by atoms with E-state index in [2.05, 4.69) is 36.1 Å². The van der Waals surface area contributed by atoms with Crippen molar-refractivity contribution < 1.29 is 14.3 Å². The van der Waals surface area contributed by atoms with Crippen LogP contribution in [0.4, 0.5) is 0 Å². The summed E-state index contributed by atoms with van der Waals surface area (Å²) in [5, 5.41) is 0. The third-order valence-electron chi connectivity index (χ3n) is 5.58. The third kappa shape index (κ3) is 3.95. The van der Waals surface area contributed by atoms with Gasteiger partial charge in [0, 0.05) is 12.6 Å². The number of methoxy groups -OCH3 is 1. The van der Waals surface area contributed by atoms with Gasteiger partial charge in [0.2, 0.25) is 5.91 Å². The lowest BCUT2D eigenvalue weighted by molar-refractivity contribution is -0.138. The van der Waals surface area contributed by atoms with Crippen molar-refractivity contribution in [3.05, 3.63) is 59.2 Å². The molecule has 0 spiro atoms. The fourth-order valence-corrected chi connectivity index (χ4v) is 3.74. The number of carbonyl (C=O) groups is 1. The maximum absolute atomic E-state index is 13.3.